The van der Waals surface area contributed by atoms with Crippen LogP contribution < -0.4 is 5.73 Å². The Hall–Kier alpha value is -2.74. The fourth-order valence-corrected chi connectivity index (χ4v) is 3.35. The molecule has 27 heavy (non-hydrogen) atoms. The van der Waals surface area contributed by atoms with E-state index >= 15 is 0 Å². The summed E-state index contributed by atoms with van der Waals surface area (Å²) in [4.78, 5) is 29.2. The highest BCUT2D eigenvalue weighted by atomic mass is 16.2. The van der Waals surface area contributed by atoms with E-state index in [0.29, 0.717) is 44.8 Å². The van der Waals surface area contributed by atoms with E-state index in [4.69, 9.17) is 5.73 Å². The van der Waals surface area contributed by atoms with Gasteiger partial charge in [-0.2, -0.15) is 0 Å². The molecule has 3 rings (SSSR count). The number of carbonyl (C=O) groups excluding carboxylic acids is 2. The molecule has 1 fully saturated rings. The van der Waals surface area contributed by atoms with Crippen LogP contribution in [0.5, 0.6) is 0 Å². The molecule has 0 saturated carbocycles. The van der Waals surface area contributed by atoms with Crippen molar-refractivity contribution in [2.75, 3.05) is 19.6 Å². The third kappa shape index (κ3) is 4.51. The summed E-state index contributed by atoms with van der Waals surface area (Å²) >= 11 is 0. The van der Waals surface area contributed by atoms with E-state index in [1.54, 1.807) is 15.8 Å². The van der Waals surface area contributed by atoms with Crippen LogP contribution in [0, 0.1) is 0 Å². The lowest BCUT2D eigenvalue weighted by Gasteiger charge is -2.31. The Balaban J connectivity index is 1.74. The van der Waals surface area contributed by atoms with Gasteiger partial charge in [-0.3, -0.25) is 14.3 Å². The standard InChI is InChI=1S/C19H26N6O2/c1-2-16-13-23(19(27)17-14-24(11-9-20)22-21-17)10-8-18(26)25(16)12-15-6-4-3-5-7-15/h3-7,14,16H,2,8-13,20H2,1H3/t16-/m1/s1. The average Bonchev–Trinajstić information content (AvgIpc) is 3.09. The molecule has 2 aromatic rings. The predicted molar refractivity (Wildman–Crippen MR) is 101 cm³/mol. The first-order chi connectivity index (χ1) is 13.1. The second kappa shape index (κ2) is 8.77. The molecule has 144 valence electrons. The first-order valence-corrected chi connectivity index (χ1v) is 9.35. The summed E-state index contributed by atoms with van der Waals surface area (Å²) in [6.45, 7) is 4.44. The predicted octanol–water partition coefficient (Wildman–Crippen LogP) is 0.890. The van der Waals surface area contributed by atoms with Gasteiger partial charge in [0.15, 0.2) is 5.69 Å². The number of carbonyl (C=O) groups is 2. The topological polar surface area (TPSA) is 97.4 Å². The van der Waals surface area contributed by atoms with Crippen LogP contribution in [0.3, 0.4) is 0 Å². The van der Waals surface area contributed by atoms with E-state index in [1.165, 1.54) is 0 Å². The minimum atomic E-state index is -0.189. The van der Waals surface area contributed by atoms with Gasteiger partial charge >= 0.3 is 0 Å². The molecule has 1 aliphatic rings. The Morgan fingerprint density at radius 2 is 2.07 bits per heavy atom. The van der Waals surface area contributed by atoms with Crippen LogP contribution in [-0.2, 0) is 17.9 Å². The van der Waals surface area contributed by atoms with Crippen molar-refractivity contribution >= 4 is 11.8 Å². The average molecular weight is 370 g/mol. The molecular formula is C19H26N6O2. The second-order valence-corrected chi connectivity index (χ2v) is 6.73. The van der Waals surface area contributed by atoms with Gasteiger partial charge in [0.2, 0.25) is 5.91 Å². The summed E-state index contributed by atoms with van der Waals surface area (Å²) in [5.41, 5.74) is 6.90. The van der Waals surface area contributed by atoms with Gasteiger partial charge in [0.25, 0.3) is 5.91 Å². The first kappa shape index (κ1) is 19.0. The molecule has 1 aliphatic heterocycles. The molecule has 2 N–H and O–H groups in total. The van der Waals surface area contributed by atoms with Crippen LogP contribution in [0.1, 0.15) is 35.8 Å². The Morgan fingerprint density at radius 3 is 2.78 bits per heavy atom. The molecule has 2 heterocycles. The molecule has 8 heteroatoms. The third-order valence-electron chi connectivity index (χ3n) is 4.86. The van der Waals surface area contributed by atoms with E-state index in [9.17, 15) is 9.59 Å². The minimum Gasteiger partial charge on any atom is -0.335 e. The van der Waals surface area contributed by atoms with Crippen molar-refractivity contribution in [2.45, 2.75) is 38.9 Å². The van der Waals surface area contributed by atoms with Crippen molar-refractivity contribution in [1.29, 1.82) is 0 Å². The van der Waals surface area contributed by atoms with Gasteiger partial charge in [0.1, 0.15) is 0 Å². The van der Waals surface area contributed by atoms with E-state index in [2.05, 4.69) is 10.3 Å². The van der Waals surface area contributed by atoms with Crippen LogP contribution in [0.4, 0.5) is 0 Å². The molecule has 0 aliphatic carbocycles. The Labute approximate surface area is 158 Å². The molecule has 0 unspecified atom stereocenters. The summed E-state index contributed by atoms with van der Waals surface area (Å²) in [7, 11) is 0. The first-order valence-electron chi connectivity index (χ1n) is 9.35. The van der Waals surface area contributed by atoms with Gasteiger partial charge in [-0.15, -0.1) is 5.10 Å². The Kier molecular flexibility index (Phi) is 6.18. The quantitative estimate of drug-likeness (QED) is 0.814. The minimum absolute atomic E-state index is 0.0248. The molecular weight excluding hydrogens is 344 g/mol. The SMILES string of the molecule is CC[C@@H]1CN(C(=O)c2cn(CCN)nn2)CCC(=O)N1Cc1ccccc1. The van der Waals surface area contributed by atoms with Crippen LogP contribution in [0.2, 0.25) is 0 Å². The van der Waals surface area contributed by atoms with Crippen molar-refractivity contribution in [3.05, 3.63) is 47.8 Å². The third-order valence-corrected chi connectivity index (χ3v) is 4.86. The maximum absolute atomic E-state index is 12.9. The smallest absolute Gasteiger partial charge is 0.276 e. The van der Waals surface area contributed by atoms with Gasteiger partial charge in [0, 0.05) is 38.6 Å². The van der Waals surface area contributed by atoms with Gasteiger partial charge in [-0.25, -0.2) is 0 Å². The Bertz CT molecular complexity index is 776. The van der Waals surface area contributed by atoms with E-state index in [1.807, 2.05) is 42.2 Å². The number of amides is 2. The fraction of sp³-hybridized carbons (Fsp3) is 0.474. The summed E-state index contributed by atoms with van der Waals surface area (Å²) < 4.78 is 1.56. The summed E-state index contributed by atoms with van der Waals surface area (Å²) in [6, 6.07) is 9.91. The van der Waals surface area contributed by atoms with Crippen molar-refractivity contribution in [3.63, 3.8) is 0 Å². The molecule has 0 bridgehead atoms. The summed E-state index contributed by atoms with van der Waals surface area (Å²) in [5.74, 6) is -0.112. The fourth-order valence-electron chi connectivity index (χ4n) is 3.35. The molecule has 2 amide bonds. The van der Waals surface area contributed by atoms with Crippen LogP contribution in [0.25, 0.3) is 0 Å². The zero-order valence-electron chi connectivity index (χ0n) is 15.6. The van der Waals surface area contributed by atoms with Crippen molar-refractivity contribution in [3.8, 4) is 0 Å². The van der Waals surface area contributed by atoms with Gasteiger partial charge in [-0.1, -0.05) is 42.5 Å². The van der Waals surface area contributed by atoms with E-state index in [-0.39, 0.29) is 17.9 Å². The molecule has 1 aromatic carbocycles. The van der Waals surface area contributed by atoms with Crippen molar-refractivity contribution in [2.24, 2.45) is 5.73 Å². The monoisotopic (exact) mass is 370 g/mol. The van der Waals surface area contributed by atoms with Crippen LogP contribution >= 0.6 is 0 Å². The molecule has 0 spiro atoms. The van der Waals surface area contributed by atoms with Gasteiger partial charge in [-0.05, 0) is 12.0 Å². The Morgan fingerprint density at radius 1 is 1.30 bits per heavy atom. The zero-order chi connectivity index (χ0) is 19.2. The number of hydrogen-bond acceptors (Lipinski definition) is 5. The van der Waals surface area contributed by atoms with E-state index < -0.39 is 0 Å². The number of nitrogens with two attached hydrogens (primary N) is 1. The molecule has 1 atom stereocenters. The molecule has 1 saturated heterocycles. The maximum Gasteiger partial charge on any atom is 0.276 e. The number of nitrogens with zero attached hydrogens (tertiary/aromatic N) is 5. The molecule has 8 nitrogen and oxygen atoms in total. The zero-order valence-corrected chi connectivity index (χ0v) is 15.6. The molecule has 0 radical (unpaired) electrons. The lowest BCUT2D eigenvalue weighted by Crippen LogP contribution is -2.43. The van der Waals surface area contributed by atoms with Crippen molar-refractivity contribution in [1.82, 2.24) is 24.8 Å². The van der Waals surface area contributed by atoms with E-state index in [0.717, 1.165) is 12.0 Å². The van der Waals surface area contributed by atoms with Crippen LogP contribution in [0.15, 0.2) is 36.5 Å². The number of aromatic nitrogens is 3. The number of rotatable bonds is 6. The second-order valence-electron chi connectivity index (χ2n) is 6.73. The lowest BCUT2D eigenvalue weighted by atomic mass is 10.1. The highest BCUT2D eigenvalue weighted by molar-refractivity contribution is 5.92. The van der Waals surface area contributed by atoms with Gasteiger partial charge in [0.05, 0.1) is 12.7 Å². The summed E-state index contributed by atoms with van der Waals surface area (Å²) in [6.07, 6.45) is 2.71. The highest BCUT2D eigenvalue weighted by Gasteiger charge is 2.31. The largest absolute Gasteiger partial charge is 0.335 e. The lowest BCUT2D eigenvalue weighted by molar-refractivity contribution is -0.133. The number of hydrogen-bond donors (Lipinski definition) is 1. The number of benzene rings is 1. The molecule has 1 aromatic heterocycles. The van der Waals surface area contributed by atoms with Gasteiger partial charge < -0.3 is 15.5 Å². The normalized spacial score (nSPS) is 17.9. The van der Waals surface area contributed by atoms with Crippen molar-refractivity contribution < 1.29 is 9.59 Å². The van der Waals surface area contributed by atoms with Crippen LogP contribution in [-0.4, -0.2) is 62.3 Å². The maximum atomic E-state index is 12.9. The summed E-state index contributed by atoms with van der Waals surface area (Å²) in [5, 5.41) is 7.90. The highest BCUT2D eigenvalue weighted by Crippen LogP contribution is 2.19.